The summed E-state index contributed by atoms with van der Waals surface area (Å²) in [4.78, 5) is 16.5. The highest BCUT2D eigenvalue weighted by molar-refractivity contribution is 5.43. The molecule has 4 rings (SSSR count). The maximum Gasteiger partial charge on any atom is 0.353 e. The molecule has 0 amide bonds. The zero-order valence-electron chi connectivity index (χ0n) is 19.3. The average molecular weight is 502 g/mol. The van der Waals surface area contributed by atoms with Crippen molar-refractivity contribution in [2.75, 3.05) is 12.3 Å². The molecular weight excluding hydrogens is 475 g/mol. The highest BCUT2D eigenvalue weighted by Gasteiger charge is 2.70. The van der Waals surface area contributed by atoms with Crippen molar-refractivity contribution in [3.8, 4) is 0 Å². The molecular formula is C24H27FN4O7. The predicted octanol–water partition coefficient (Wildman–Crippen LogP) is -0.202. The van der Waals surface area contributed by atoms with Crippen LogP contribution in [0.25, 0.3) is 0 Å². The van der Waals surface area contributed by atoms with Crippen molar-refractivity contribution in [1.29, 1.82) is 0 Å². The first-order valence-electron chi connectivity index (χ1n) is 11.1. The number of halogens is 1. The minimum absolute atomic E-state index is 0.0874. The molecule has 3 aromatic rings. The van der Waals surface area contributed by atoms with Gasteiger partial charge in [0.1, 0.15) is 23.8 Å². The lowest BCUT2D eigenvalue weighted by molar-refractivity contribution is -0.413. The van der Waals surface area contributed by atoms with Gasteiger partial charge in [-0.05, 0) is 29.7 Å². The number of aliphatic hydroxyl groups excluding tert-OH is 2. The number of benzene rings is 2. The van der Waals surface area contributed by atoms with E-state index in [0.717, 1.165) is 11.8 Å². The van der Waals surface area contributed by atoms with E-state index in [9.17, 15) is 34.8 Å². The number of aryl methyl sites for hydroxylation is 1. The number of aromatic nitrogens is 2. The second-order valence-corrected chi connectivity index (χ2v) is 8.66. The summed E-state index contributed by atoms with van der Waals surface area (Å²) < 4.78 is 20.0. The largest absolute Gasteiger partial charge is 0.394 e. The Hall–Kier alpha value is -3.23. The monoisotopic (exact) mass is 502 g/mol. The third kappa shape index (κ3) is 4.08. The topological polar surface area (TPSA) is 175 Å². The van der Waals surface area contributed by atoms with Crippen LogP contribution >= 0.6 is 0 Å². The molecule has 4 atom stereocenters. The molecule has 0 spiro atoms. The minimum atomic E-state index is -3.21. The van der Waals surface area contributed by atoms with Gasteiger partial charge in [-0.1, -0.05) is 42.5 Å². The van der Waals surface area contributed by atoms with Crippen LogP contribution in [-0.2, 0) is 23.6 Å². The lowest BCUT2D eigenvalue weighted by Crippen LogP contribution is -2.68. The molecule has 36 heavy (non-hydrogen) atoms. The third-order valence-corrected chi connectivity index (χ3v) is 6.45. The van der Waals surface area contributed by atoms with Gasteiger partial charge in [0, 0.05) is 18.2 Å². The molecule has 192 valence electrons. The third-order valence-electron chi connectivity index (χ3n) is 6.45. The molecule has 1 saturated heterocycles. The van der Waals surface area contributed by atoms with Crippen molar-refractivity contribution < 1.29 is 34.8 Å². The lowest BCUT2D eigenvalue weighted by Gasteiger charge is -2.42. The predicted molar refractivity (Wildman–Crippen MR) is 124 cm³/mol. The van der Waals surface area contributed by atoms with E-state index in [0.29, 0.717) is 10.1 Å². The summed E-state index contributed by atoms with van der Waals surface area (Å²) in [6.45, 7) is 0.443. The lowest BCUT2D eigenvalue weighted by atomic mass is 9.99. The zero-order chi connectivity index (χ0) is 26.3. The van der Waals surface area contributed by atoms with Crippen LogP contribution in [0.2, 0.25) is 0 Å². The van der Waals surface area contributed by atoms with E-state index in [4.69, 9.17) is 10.5 Å². The average Bonchev–Trinajstić information content (AvgIpc) is 3.05. The van der Waals surface area contributed by atoms with Crippen LogP contribution in [0.5, 0.6) is 0 Å². The quantitative estimate of drug-likeness (QED) is 0.187. The number of nitrogen functional groups attached to an aromatic ring is 1. The van der Waals surface area contributed by atoms with E-state index in [2.05, 4.69) is 4.98 Å². The first-order valence-corrected chi connectivity index (χ1v) is 11.1. The number of nitrogens with two attached hydrogens (primary N) is 1. The Morgan fingerprint density at radius 2 is 1.78 bits per heavy atom. The molecule has 1 aliphatic rings. The Kier molecular flexibility index (Phi) is 6.94. The normalized spacial score (nSPS) is 26.0. The van der Waals surface area contributed by atoms with Crippen LogP contribution < -0.4 is 11.4 Å². The molecule has 12 heteroatoms. The number of nitrogens with zero attached hydrogens (tertiary/aromatic N) is 3. The molecule has 2 aromatic carbocycles. The fourth-order valence-corrected chi connectivity index (χ4v) is 4.34. The number of rotatable bonds is 7. The van der Waals surface area contributed by atoms with Gasteiger partial charge in [-0.15, -0.1) is 5.06 Å². The Balaban J connectivity index is 1.83. The van der Waals surface area contributed by atoms with Crippen molar-refractivity contribution in [2.45, 2.75) is 43.7 Å². The highest BCUT2D eigenvalue weighted by atomic mass is 19.1. The van der Waals surface area contributed by atoms with Crippen LogP contribution in [0, 0.1) is 12.7 Å². The number of hydrogen-bond acceptors (Lipinski definition) is 10. The molecule has 7 N–H and O–H groups in total. The maximum atomic E-state index is 14.2. The van der Waals surface area contributed by atoms with Crippen molar-refractivity contribution in [2.24, 2.45) is 0 Å². The molecule has 1 aromatic heterocycles. The molecule has 2 heterocycles. The van der Waals surface area contributed by atoms with Gasteiger partial charge in [0.2, 0.25) is 5.72 Å². The summed E-state index contributed by atoms with van der Waals surface area (Å²) >= 11 is 0. The SMILES string of the molecule is Cc1ccccc1CN(O)[C@@]1(O)[C@H](O)[C@@H](CO)O[C@]1(O)n1c(N)c(Cc2ccccc2F)cnc1=O. The van der Waals surface area contributed by atoms with E-state index in [-0.39, 0.29) is 22.6 Å². The molecule has 1 fully saturated rings. The van der Waals surface area contributed by atoms with Gasteiger partial charge in [-0.3, -0.25) is 0 Å². The van der Waals surface area contributed by atoms with Crippen LogP contribution in [0.15, 0.2) is 59.5 Å². The fourth-order valence-electron chi connectivity index (χ4n) is 4.34. The number of aliphatic hydroxyl groups is 4. The molecule has 0 saturated carbocycles. The summed E-state index contributed by atoms with van der Waals surface area (Å²) in [6, 6.07) is 12.7. The summed E-state index contributed by atoms with van der Waals surface area (Å²) in [7, 11) is 0. The molecule has 0 aliphatic carbocycles. The Morgan fingerprint density at radius 1 is 1.14 bits per heavy atom. The molecule has 11 nitrogen and oxygen atoms in total. The van der Waals surface area contributed by atoms with E-state index in [1.165, 1.54) is 18.2 Å². The van der Waals surface area contributed by atoms with Crippen LogP contribution in [0.1, 0.15) is 22.3 Å². The first-order chi connectivity index (χ1) is 17.0. The second-order valence-electron chi connectivity index (χ2n) is 8.66. The van der Waals surface area contributed by atoms with Gasteiger partial charge in [0.25, 0.3) is 0 Å². The smallest absolute Gasteiger partial charge is 0.353 e. The summed E-state index contributed by atoms with van der Waals surface area (Å²) in [5.41, 5.74) is 3.43. The van der Waals surface area contributed by atoms with Gasteiger partial charge in [0.05, 0.1) is 13.2 Å². The number of hydroxylamine groups is 2. The first kappa shape index (κ1) is 25.9. The number of ether oxygens (including phenoxy) is 1. The fraction of sp³-hybridized carbons (Fsp3) is 0.333. The molecule has 0 unspecified atom stereocenters. The molecule has 0 radical (unpaired) electrons. The minimum Gasteiger partial charge on any atom is -0.394 e. The molecule has 1 aliphatic heterocycles. The Bertz CT molecular complexity index is 1320. The van der Waals surface area contributed by atoms with E-state index >= 15 is 0 Å². The summed E-state index contributed by atoms with van der Waals surface area (Å²) in [5.74, 6) is -4.22. The van der Waals surface area contributed by atoms with E-state index in [1.807, 2.05) is 0 Å². The van der Waals surface area contributed by atoms with Crippen LogP contribution in [0.3, 0.4) is 0 Å². The number of hydrogen-bond donors (Lipinski definition) is 6. The zero-order valence-corrected chi connectivity index (χ0v) is 19.3. The van der Waals surface area contributed by atoms with Gasteiger partial charge in [0.15, 0.2) is 0 Å². The van der Waals surface area contributed by atoms with Crippen molar-refractivity contribution in [3.63, 3.8) is 0 Å². The van der Waals surface area contributed by atoms with Gasteiger partial charge >= 0.3 is 11.6 Å². The Labute approximate surface area is 205 Å². The van der Waals surface area contributed by atoms with Crippen molar-refractivity contribution >= 4 is 5.82 Å². The maximum absolute atomic E-state index is 14.2. The van der Waals surface area contributed by atoms with Crippen LogP contribution in [-0.4, -0.2) is 64.8 Å². The Morgan fingerprint density at radius 3 is 2.42 bits per heavy atom. The van der Waals surface area contributed by atoms with Gasteiger partial charge in [-0.25, -0.2) is 18.7 Å². The van der Waals surface area contributed by atoms with Gasteiger partial charge in [-0.2, -0.15) is 0 Å². The summed E-state index contributed by atoms with van der Waals surface area (Å²) in [5, 5.41) is 54.9. The van der Waals surface area contributed by atoms with Crippen LogP contribution in [0.4, 0.5) is 10.2 Å². The van der Waals surface area contributed by atoms with Crippen molar-refractivity contribution in [1.82, 2.24) is 14.6 Å². The molecule has 0 bridgehead atoms. The standard InChI is InChI=1S/C24H27FN4O7/c1-14-6-2-3-8-16(14)12-28(35)23(33)20(31)19(13-30)36-24(23,34)29-21(26)17(11-27-22(29)32)10-15-7-4-5-9-18(15)25/h2-9,11,19-20,30-31,33-35H,10,12-13,26H2,1H3/t19-,20-,23-,24+/m1/s1. The van der Waals surface area contributed by atoms with Gasteiger partial charge < -0.3 is 36.1 Å². The van der Waals surface area contributed by atoms with Crippen molar-refractivity contribution in [3.05, 3.63) is 93.3 Å². The number of anilines is 1. The van der Waals surface area contributed by atoms with E-state index in [1.54, 1.807) is 37.3 Å². The second kappa shape index (κ2) is 9.67. The van der Waals surface area contributed by atoms with E-state index < -0.39 is 54.3 Å². The summed E-state index contributed by atoms with van der Waals surface area (Å²) in [6.07, 6.45) is -2.79. The highest BCUT2D eigenvalue weighted by Crippen LogP contribution is 2.44.